The zero-order valence-corrected chi connectivity index (χ0v) is 13.3. The molecule has 0 amide bonds. The van der Waals surface area contributed by atoms with Gasteiger partial charge in [-0.05, 0) is 42.0 Å². The maximum Gasteiger partial charge on any atom is 0.185 e. The molecule has 2 rings (SSSR count). The van der Waals surface area contributed by atoms with E-state index in [1.165, 1.54) is 13.2 Å². The van der Waals surface area contributed by atoms with Crippen molar-refractivity contribution in [3.05, 3.63) is 53.6 Å². The smallest absolute Gasteiger partial charge is 0.185 e. The third kappa shape index (κ3) is 3.83. The van der Waals surface area contributed by atoms with Gasteiger partial charge in [0.15, 0.2) is 17.3 Å². The standard InChI is InChI=1S/C18H19NO4/c1-21-16-9-6-13(11-14(16)19)15(20)7-4-12-5-8-17(22-2)18(10-12)23-3/h4-11H,19H2,1-3H3/b7-4+. The number of nitrogen functional groups attached to an aromatic ring is 1. The van der Waals surface area contributed by atoms with Crippen molar-refractivity contribution in [1.29, 1.82) is 0 Å². The number of benzene rings is 2. The summed E-state index contributed by atoms with van der Waals surface area (Å²) in [6.07, 6.45) is 3.20. The van der Waals surface area contributed by atoms with Crippen LogP contribution in [0.4, 0.5) is 5.69 Å². The third-order valence-corrected chi connectivity index (χ3v) is 3.35. The number of rotatable bonds is 6. The van der Waals surface area contributed by atoms with Crippen LogP contribution in [0.15, 0.2) is 42.5 Å². The minimum atomic E-state index is -0.144. The summed E-state index contributed by atoms with van der Waals surface area (Å²) >= 11 is 0. The molecule has 0 saturated heterocycles. The van der Waals surface area contributed by atoms with E-state index in [1.807, 2.05) is 6.07 Å². The molecule has 2 N–H and O–H groups in total. The molecule has 0 aliphatic carbocycles. The molecule has 0 fully saturated rings. The number of allylic oxidation sites excluding steroid dienone is 1. The van der Waals surface area contributed by atoms with Crippen LogP contribution in [0.3, 0.4) is 0 Å². The summed E-state index contributed by atoms with van der Waals surface area (Å²) in [4.78, 5) is 12.2. The average Bonchev–Trinajstić information content (AvgIpc) is 2.59. The summed E-state index contributed by atoms with van der Waals surface area (Å²) in [5.41, 5.74) is 7.57. The summed E-state index contributed by atoms with van der Waals surface area (Å²) in [5.74, 6) is 1.65. The Balaban J connectivity index is 2.19. The lowest BCUT2D eigenvalue weighted by Gasteiger charge is -2.07. The van der Waals surface area contributed by atoms with Gasteiger partial charge in [-0.2, -0.15) is 0 Å². The van der Waals surface area contributed by atoms with Crippen LogP contribution in [-0.4, -0.2) is 27.1 Å². The van der Waals surface area contributed by atoms with Crippen LogP contribution in [0.1, 0.15) is 15.9 Å². The fourth-order valence-corrected chi connectivity index (χ4v) is 2.11. The minimum absolute atomic E-state index is 0.144. The number of hydrogen-bond acceptors (Lipinski definition) is 5. The highest BCUT2D eigenvalue weighted by Gasteiger charge is 2.07. The average molecular weight is 313 g/mol. The molecule has 5 nitrogen and oxygen atoms in total. The van der Waals surface area contributed by atoms with Crippen LogP contribution >= 0.6 is 0 Å². The first-order valence-corrected chi connectivity index (χ1v) is 6.97. The number of anilines is 1. The summed E-state index contributed by atoms with van der Waals surface area (Å²) in [5, 5.41) is 0. The lowest BCUT2D eigenvalue weighted by molar-refractivity contribution is 0.104. The van der Waals surface area contributed by atoms with Gasteiger partial charge in [-0.1, -0.05) is 12.1 Å². The predicted octanol–water partition coefficient (Wildman–Crippen LogP) is 3.19. The number of carbonyl (C=O) groups is 1. The van der Waals surface area contributed by atoms with Crippen molar-refractivity contribution < 1.29 is 19.0 Å². The fourth-order valence-electron chi connectivity index (χ4n) is 2.11. The van der Waals surface area contributed by atoms with Crippen LogP contribution in [-0.2, 0) is 0 Å². The lowest BCUT2D eigenvalue weighted by Crippen LogP contribution is -1.98. The molecule has 0 saturated carbocycles. The van der Waals surface area contributed by atoms with Gasteiger partial charge >= 0.3 is 0 Å². The first-order valence-electron chi connectivity index (χ1n) is 6.97. The van der Waals surface area contributed by atoms with Crippen LogP contribution in [0.5, 0.6) is 17.2 Å². The molecule has 120 valence electrons. The number of carbonyl (C=O) groups excluding carboxylic acids is 1. The highest BCUT2D eigenvalue weighted by atomic mass is 16.5. The molecule has 0 atom stereocenters. The normalized spacial score (nSPS) is 10.6. The van der Waals surface area contributed by atoms with Gasteiger partial charge in [0.2, 0.25) is 0 Å². The topological polar surface area (TPSA) is 70.8 Å². The van der Waals surface area contributed by atoms with Crippen molar-refractivity contribution in [2.24, 2.45) is 0 Å². The van der Waals surface area contributed by atoms with E-state index < -0.39 is 0 Å². The largest absolute Gasteiger partial charge is 0.495 e. The molecular formula is C18H19NO4. The first kappa shape index (κ1) is 16.4. The zero-order chi connectivity index (χ0) is 16.8. The molecule has 0 bridgehead atoms. The highest BCUT2D eigenvalue weighted by molar-refractivity contribution is 6.07. The van der Waals surface area contributed by atoms with Crippen LogP contribution in [0, 0.1) is 0 Å². The molecular weight excluding hydrogens is 294 g/mol. The number of nitrogens with two attached hydrogens (primary N) is 1. The van der Waals surface area contributed by atoms with E-state index in [9.17, 15) is 4.79 Å². The Hall–Kier alpha value is -2.95. The highest BCUT2D eigenvalue weighted by Crippen LogP contribution is 2.28. The van der Waals surface area contributed by atoms with Gasteiger partial charge in [-0.3, -0.25) is 4.79 Å². The lowest BCUT2D eigenvalue weighted by atomic mass is 10.1. The maximum atomic E-state index is 12.2. The van der Waals surface area contributed by atoms with E-state index in [0.29, 0.717) is 28.5 Å². The molecule has 2 aromatic rings. The van der Waals surface area contributed by atoms with E-state index >= 15 is 0 Å². The Bertz CT molecular complexity index is 738. The van der Waals surface area contributed by atoms with E-state index in [4.69, 9.17) is 19.9 Å². The van der Waals surface area contributed by atoms with Crippen LogP contribution < -0.4 is 19.9 Å². The SMILES string of the molecule is COc1ccc(C(=O)/C=C/c2ccc(OC)c(OC)c2)cc1N. The molecule has 23 heavy (non-hydrogen) atoms. The summed E-state index contributed by atoms with van der Waals surface area (Å²) in [7, 11) is 4.67. The van der Waals surface area contributed by atoms with Crippen LogP contribution in [0.25, 0.3) is 6.08 Å². The van der Waals surface area contributed by atoms with Gasteiger partial charge in [-0.25, -0.2) is 0 Å². The van der Waals surface area contributed by atoms with Gasteiger partial charge in [0.05, 0.1) is 27.0 Å². The number of ketones is 1. The van der Waals surface area contributed by atoms with Gasteiger partial charge in [0.25, 0.3) is 0 Å². The Morgan fingerprint density at radius 2 is 1.57 bits per heavy atom. The van der Waals surface area contributed by atoms with Gasteiger partial charge in [-0.15, -0.1) is 0 Å². The number of ether oxygens (including phenoxy) is 3. The molecule has 2 aromatic carbocycles. The Labute approximate surface area is 135 Å². The predicted molar refractivity (Wildman–Crippen MR) is 90.3 cm³/mol. The summed E-state index contributed by atoms with van der Waals surface area (Å²) in [6, 6.07) is 10.4. The van der Waals surface area contributed by atoms with E-state index in [-0.39, 0.29) is 5.78 Å². The van der Waals surface area contributed by atoms with Crippen molar-refractivity contribution >= 4 is 17.5 Å². The molecule has 0 radical (unpaired) electrons. The molecule has 0 spiro atoms. The van der Waals surface area contributed by atoms with Gasteiger partial charge < -0.3 is 19.9 Å². The summed E-state index contributed by atoms with van der Waals surface area (Å²) < 4.78 is 15.5. The Morgan fingerprint density at radius 1 is 0.913 bits per heavy atom. The molecule has 0 unspecified atom stereocenters. The van der Waals surface area contributed by atoms with E-state index in [1.54, 1.807) is 50.6 Å². The zero-order valence-electron chi connectivity index (χ0n) is 13.3. The first-order chi connectivity index (χ1) is 11.1. The molecule has 5 heteroatoms. The minimum Gasteiger partial charge on any atom is -0.495 e. The number of methoxy groups -OCH3 is 3. The fraction of sp³-hybridized carbons (Fsp3) is 0.167. The van der Waals surface area contributed by atoms with Crippen molar-refractivity contribution in [2.45, 2.75) is 0 Å². The molecule has 0 heterocycles. The second-order valence-corrected chi connectivity index (χ2v) is 4.77. The van der Waals surface area contributed by atoms with Crippen molar-refractivity contribution in [3.63, 3.8) is 0 Å². The molecule has 0 aliphatic rings. The quantitative estimate of drug-likeness (QED) is 0.504. The second-order valence-electron chi connectivity index (χ2n) is 4.77. The van der Waals surface area contributed by atoms with E-state index in [2.05, 4.69) is 0 Å². The van der Waals surface area contributed by atoms with Gasteiger partial charge in [0, 0.05) is 5.56 Å². The Kier molecular flexibility index (Phi) is 5.25. The van der Waals surface area contributed by atoms with Crippen LogP contribution in [0.2, 0.25) is 0 Å². The van der Waals surface area contributed by atoms with E-state index in [0.717, 1.165) is 5.56 Å². The third-order valence-electron chi connectivity index (χ3n) is 3.35. The maximum absolute atomic E-state index is 12.2. The monoisotopic (exact) mass is 313 g/mol. The summed E-state index contributed by atoms with van der Waals surface area (Å²) in [6.45, 7) is 0. The van der Waals surface area contributed by atoms with Crippen molar-refractivity contribution in [2.75, 3.05) is 27.1 Å². The molecule has 0 aromatic heterocycles. The van der Waals surface area contributed by atoms with Crippen molar-refractivity contribution in [1.82, 2.24) is 0 Å². The van der Waals surface area contributed by atoms with Crippen molar-refractivity contribution in [3.8, 4) is 17.2 Å². The van der Waals surface area contributed by atoms with Gasteiger partial charge in [0.1, 0.15) is 5.75 Å². The number of hydrogen-bond donors (Lipinski definition) is 1. The Morgan fingerprint density at radius 3 is 2.17 bits per heavy atom. The second kappa shape index (κ2) is 7.35. The molecule has 0 aliphatic heterocycles.